The molecule has 0 aliphatic carbocycles. The van der Waals surface area contributed by atoms with Crippen LogP contribution in [0.15, 0.2) is 18.3 Å². The van der Waals surface area contributed by atoms with Gasteiger partial charge in [0.2, 0.25) is 0 Å². The van der Waals surface area contributed by atoms with Gasteiger partial charge in [-0.1, -0.05) is 6.92 Å². The molecule has 3 N–H and O–H groups in total. The van der Waals surface area contributed by atoms with E-state index in [-0.39, 0.29) is 6.04 Å². The summed E-state index contributed by atoms with van der Waals surface area (Å²) in [6.45, 7) is 2.43. The second-order valence-corrected chi connectivity index (χ2v) is 3.48. The maximum atomic E-state index is 12.2. The summed E-state index contributed by atoms with van der Waals surface area (Å²) in [6, 6.07) is 2.27. The molecule has 0 radical (unpaired) electrons. The molecule has 1 heterocycles. The summed E-state index contributed by atoms with van der Waals surface area (Å²) in [4.78, 5) is 3.66. The van der Waals surface area contributed by atoms with Crippen molar-refractivity contribution in [3.63, 3.8) is 0 Å². The van der Waals surface area contributed by atoms with Crippen molar-refractivity contribution >= 4 is 5.82 Å². The van der Waals surface area contributed by atoms with Crippen LogP contribution in [0.25, 0.3) is 0 Å². The lowest BCUT2D eigenvalue weighted by atomic mass is 10.2. The van der Waals surface area contributed by atoms with Crippen LogP contribution < -0.4 is 11.1 Å². The zero-order valence-electron chi connectivity index (χ0n) is 8.88. The van der Waals surface area contributed by atoms with Gasteiger partial charge in [0.1, 0.15) is 5.82 Å². The molecule has 90 valence electrons. The smallest absolute Gasteiger partial charge is 0.369 e. The van der Waals surface area contributed by atoms with Crippen molar-refractivity contribution in [2.45, 2.75) is 25.6 Å². The fourth-order valence-electron chi connectivity index (χ4n) is 1.05. The molecule has 16 heavy (non-hydrogen) atoms. The highest BCUT2D eigenvalue weighted by molar-refractivity contribution is 5.36. The molecular weight excluding hydrogens is 219 g/mol. The molecule has 0 bridgehead atoms. The molecule has 0 aliphatic rings. The van der Waals surface area contributed by atoms with Crippen LogP contribution in [-0.2, 0) is 6.18 Å². The molecule has 0 spiro atoms. The standard InChI is InChI=1S/C10H14F3N3/c1-2-8(14)6-16-9-4-3-7(5-15-9)10(11,12)13/h3-5,8H,2,6,14H2,1H3,(H,15,16). The fourth-order valence-corrected chi connectivity index (χ4v) is 1.05. The van der Waals surface area contributed by atoms with Crippen LogP contribution >= 0.6 is 0 Å². The molecule has 1 rings (SSSR count). The lowest BCUT2D eigenvalue weighted by Gasteiger charge is -2.11. The van der Waals surface area contributed by atoms with Gasteiger partial charge in [0.05, 0.1) is 5.56 Å². The van der Waals surface area contributed by atoms with Crippen molar-refractivity contribution in [2.24, 2.45) is 5.73 Å². The minimum Gasteiger partial charge on any atom is -0.369 e. The van der Waals surface area contributed by atoms with Crippen LogP contribution in [0.3, 0.4) is 0 Å². The van der Waals surface area contributed by atoms with E-state index >= 15 is 0 Å². The van der Waals surface area contributed by atoms with E-state index in [1.807, 2.05) is 6.92 Å². The number of pyridine rings is 1. The number of halogens is 3. The molecule has 1 unspecified atom stereocenters. The van der Waals surface area contributed by atoms with Crippen LogP contribution in [-0.4, -0.2) is 17.6 Å². The van der Waals surface area contributed by atoms with E-state index in [9.17, 15) is 13.2 Å². The Balaban J connectivity index is 2.58. The molecule has 1 atom stereocenters. The van der Waals surface area contributed by atoms with E-state index < -0.39 is 11.7 Å². The normalized spacial score (nSPS) is 13.6. The molecule has 1 aromatic heterocycles. The highest BCUT2D eigenvalue weighted by atomic mass is 19.4. The molecule has 0 fully saturated rings. The van der Waals surface area contributed by atoms with Crippen molar-refractivity contribution in [1.82, 2.24) is 4.98 Å². The van der Waals surface area contributed by atoms with E-state index in [1.54, 1.807) is 0 Å². The molecule has 0 saturated heterocycles. The summed E-state index contributed by atoms with van der Waals surface area (Å²) in [5.74, 6) is 0.400. The van der Waals surface area contributed by atoms with Crippen LogP contribution in [0.5, 0.6) is 0 Å². The predicted octanol–water partition coefficient (Wildman–Crippen LogP) is 2.25. The monoisotopic (exact) mass is 233 g/mol. The topological polar surface area (TPSA) is 50.9 Å². The van der Waals surface area contributed by atoms with E-state index in [0.717, 1.165) is 18.7 Å². The average molecular weight is 233 g/mol. The Morgan fingerprint density at radius 1 is 1.44 bits per heavy atom. The van der Waals surface area contributed by atoms with Gasteiger partial charge in [0.15, 0.2) is 0 Å². The van der Waals surface area contributed by atoms with Crippen LogP contribution in [0.4, 0.5) is 19.0 Å². The van der Waals surface area contributed by atoms with Crippen LogP contribution in [0.2, 0.25) is 0 Å². The van der Waals surface area contributed by atoms with Gasteiger partial charge in [-0.15, -0.1) is 0 Å². The van der Waals surface area contributed by atoms with Gasteiger partial charge in [-0.3, -0.25) is 0 Å². The number of hydrogen-bond acceptors (Lipinski definition) is 3. The summed E-state index contributed by atoms with van der Waals surface area (Å²) < 4.78 is 36.6. The van der Waals surface area contributed by atoms with Gasteiger partial charge in [-0.2, -0.15) is 13.2 Å². The Kier molecular flexibility index (Phi) is 4.12. The molecule has 0 saturated carbocycles. The maximum Gasteiger partial charge on any atom is 0.417 e. The highest BCUT2D eigenvalue weighted by Crippen LogP contribution is 2.28. The Morgan fingerprint density at radius 2 is 2.12 bits per heavy atom. The van der Waals surface area contributed by atoms with E-state index in [0.29, 0.717) is 12.4 Å². The van der Waals surface area contributed by atoms with Crippen molar-refractivity contribution in [2.75, 3.05) is 11.9 Å². The Labute approximate surface area is 91.9 Å². The third-order valence-electron chi connectivity index (χ3n) is 2.16. The van der Waals surface area contributed by atoms with Gasteiger partial charge in [0.25, 0.3) is 0 Å². The van der Waals surface area contributed by atoms with Crippen molar-refractivity contribution in [1.29, 1.82) is 0 Å². The van der Waals surface area contributed by atoms with E-state index in [1.165, 1.54) is 6.07 Å². The van der Waals surface area contributed by atoms with Crippen molar-refractivity contribution < 1.29 is 13.2 Å². The first kappa shape index (κ1) is 12.8. The minimum absolute atomic E-state index is 0.0240. The van der Waals surface area contributed by atoms with Gasteiger partial charge in [0, 0.05) is 18.8 Å². The third-order valence-corrected chi connectivity index (χ3v) is 2.16. The SMILES string of the molecule is CCC(N)CNc1ccc(C(F)(F)F)cn1. The van der Waals surface area contributed by atoms with Gasteiger partial charge >= 0.3 is 6.18 Å². The highest BCUT2D eigenvalue weighted by Gasteiger charge is 2.30. The molecular formula is C10H14F3N3. The van der Waals surface area contributed by atoms with Gasteiger partial charge in [-0.25, -0.2) is 4.98 Å². The number of nitrogens with two attached hydrogens (primary N) is 1. The summed E-state index contributed by atoms with van der Waals surface area (Å²) in [5, 5.41) is 2.87. The van der Waals surface area contributed by atoms with E-state index in [2.05, 4.69) is 10.3 Å². The number of alkyl halides is 3. The third kappa shape index (κ3) is 3.69. The lowest BCUT2D eigenvalue weighted by molar-refractivity contribution is -0.137. The van der Waals surface area contributed by atoms with Crippen LogP contribution in [0.1, 0.15) is 18.9 Å². The van der Waals surface area contributed by atoms with Gasteiger partial charge in [-0.05, 0) is 18.6 Å². The predicted molar refractivity (Wildman–Crippen MR) is 56.0 cm³/mol. The molecule has 3 nitrogen and oxygen atoms in total. The number of anilines is 1. The molecule has 1 aromatic rings. The second-order valence-electron chi connectivity index (χ2n) is 3.48. The number of nitrogens with one attached hydrogen (secondary N) is 1. The number of rotatable bonds is 4. The first-order chi connectivity index (χ1) is 7.43. The summed E-state index contributed by atoms with van der Waals surface area (Å²) in [5.41, 5.74) is 4.90. The van der Waals surface area contributed by atoms with Crippen molar-refractivity contribution in [3.8, 4) is 0 Å². The summed E-state index contributed by atoms with van der Waals surface area (Å²) >= 11 is 0. The number of hydrogen-bond donors (Lipinski definition) is 2. The Bertz CT molecular complexity index is 321. The zero-order valence-corrected chi connectivity index (χ0v) is 8.88. The zero-order chi connectivity index (χ0) is 12.2. The van der Waals surface area contributed by atoms with Crippen LogP contribution in [0, 0.1) is 0 Å². The maximum absolute atomic E-state index is 12.2. The number of aromatic nitrogens is 1. The Hall–Kier alpha value is -1.30. The van der Waals surface area contributed by atoms with Crippen molar-refractivity contribution in [3.05, 3.63) is 23.9 Å². The summed E-state index contributed by atoms with van der Waals surface area (Å²) in [7, 11) is 0. The molecule has 0 aromatic carbocycles. The second kappa shape index (κ2) is 5.16. The lowest BCUT2D eigenvalue weighted by Crippen LogP contribution is -2.28. The minimum atomic E-state index is -4.34. The largest absolute Gasteiger partial charge is 0.417 e. The quantitative estimate of drug-likeness (QED) is 0.838. The first-order valence-electron chi connectivity index (χ1n) is 4.96. The molecule has 0 aliphatic heterocycles. The fraction of sp³-hybridized carbons (Fsp3) is 0.500. The summed E-state index contributed by atoms with van der Waals surface area (Å²) in [6.07, 6.45) is -2.74. The first-order valence-corrected chi connectivity index (χ1v) is 4.96. The molecule has 0 amide bonds. The van der Waals surface area contributed by atoms with E-state index in [4.69, 9.17) is 5.73 Å². The Morgan fingerprint density at radius 3 is 2.56 bits per heavy atom. The van der Waals surface area contributed by atoms with Gasteiger partial charge < -0.3 is 11.1 Å². The molecule has 6 heteroatoms. The number of nitrogens with zero attached hydrogens (tertiary/aromatic N) is 1. The average Bonchev–Trinajstić information content (AvgIpc) is 2.25.